The van der Waals surface area contributed by atoms with Crippen LogP contribution in [0.25, 0.3) is 10.9 Å². The zero-order chi connectivity index (χ0) is 27.1. The lowest BCUT2D eigenvalue weighted by atomic mass is 9.92. The molecule has 0 spiro atoms. The van der Waals surface area contributed by atoms with Crippen molar-refractivity contribution in [3.05, 3.63) is 101 Å². The molecule has 1 fully saturated rings. The molecule has 39 heavy (non-hydrogen) atoms. The van der Waals surface area contributed by atoms with Crippen LogP contribution in [0.2, 0.25) is 0 Å². The number of hydrogen-bond acceptors (Lipinski definition) is 6. The van der Waals surface area contributed by atoms with Gasteiger partial charge in [-0.3, -0.25) is 9.69 Å². The molecular formula is C30H25FN4O3S. The summed E-state index contributed by atoms with van der Waals surface area (Å²) in [6.45, 7) is 2.75. The van der Waals surface area contributed by atoms with Crippen molar-refractivity contribution in [2.75, 3.05) is 23.4 Å². The van der Waals surface area contributed by atoms with Gasteiger partial charge in [0.25, 0.3) is 5.91 Å². The smallest absolute Gasteiger partial charge is 0.255 e. The molecule has 1 saturated heterocycles. The third-order valence-electron chi connectivity index (χ3n) is 7.38. The highest BCUT2D eigenvalue weighted by molar-refractivity contribution is 7.91. The van der Waals surface area contributed by atoms with Crippen molar-refractivity contribution in [3.8, 4) is 11.8 Å². The van der Waals surface area contributed by atoms with Crippen molar-refractivity contribution in [3.63, 3.8) is 0 Å². The molecule has 1 N–H and O–H groups in total. The number of benzene rings is 3. The van der Waals surface area contributed by atoms with Gasteiger partial charge in [0.1, 0.15) is 12.5 Å². The Kier molecular flexibility index (Phi) is 6.37. The minimum atomic E-state index is -3.26. The fraction of sp³-hybridized carbons (Fsp3) is 0.233. The van der Waals surface area contributed by atoms with Crippen LogP contribution in [0, 0.1) is 18.8 Å². The van der Waals surface area contributed by atoms with Crippen molar-refractivity contribution in [2.24, 2.45) is 0 Å². The molecule has 3 aromatic carbocycles. The van der Waals surface area contributed by atoms with Crippen molar-refractivity contribution < 1.29 is 17.6 Å². The number of aryl methyl sites for hydroxylation is 1. The van der Waals surface area contributed by atoms with Crippen LogP contribution in [0.4, 0.5) is 10.1 Å². The fourth-order valence-corrected chi connectivity index (χ4v) is 6.77. The third-order valence-corrected chi connectivity index (χ3v) is 9.03. The molecule has 9 heteroatoms. The Bertz CT molecular complexity index is 1790. The Hall–Kier alpha value is -4.13. The Balaban J connectivity index is 1.24. The first-order valence-corrected chi connectivity index (χ1v) is 14.4. The van der Waals surface area contributed by atoms with Crippen LogP contribution in [0.5, 0.6) is 0 Å². The number of alkyl halides is 1. The van der Waals surface area contributed by atoms with Gasteiger partial charge < -0.3 is 5.32 Å². The lowest BCUT2D eigenvalue weighted by Crippen LogP contribution is -2.52. The molecule has 0 bridgehead atoms. The number of rotatable bonds is 2. The number of aromatic nitrogens is 2. The zero-order valence-electron chi connectivity index (χ0n) is 21.2. The average molecular weight is 541 g/mol. The number of nitrogens with one attached hydrogen (secondary N) is 1. The minimum Gasteiger partial charge on any atom is -0.322 e. The van der Waals surface area contributed by atoms with Crippen LogP contribution in [0.15, 0.2) is 67.1 Å². The summed E-state index contributed by atoms with van der Waals surface area (Å²) in [4.78, 5) is 23.4. The maximum Gasteiger partial charge on any atom is 0.255 e. The first kappa shape index (κ1) is 25.2. The van der Waals surface area contributed by atoms with E-state index >= 15 is 4.39 Å². The molecule has 0 radical (unpaired) electrons. The molecular weight excluding hydrogens is 515 g/mol. The summed E-state index contributed by atoms with van der Waals surface area (Å²) < 4.78 is 39.7. The van der Waals surface area contributed by atoms with Gasteiger partial charge in [-0.2, -0.15) is 0 Å². The lowest BCUT2D eigenvalue weighted by Gasteiger charge is -2.41. The van der Waals surface area contributed by atoms with E-state index < -0.39 is 22.1 Å². The Morgan fingerprint density at radius 1 is 1.10 bits per heavy atom. The van der Waals surface area contributed by atoms with Crippen molar-refractivity contribution in [2.45, 2.75) is 25.7 Å². The predicted molar refractivity (Wildman–Crippen MR) is 148 cm³/mol. The van der Waals surface area contributed by atoms with Gasteiger partial charge in [-0.15, -0.1) is 0 Å². The van der Waals surface area contributed by atoms with Gasteiger partial charge in [-0.1, -0.05) is 30.0 Å². The van der Waals surface area contributed by atoms with E-state index in [0.717, 1.165) is 27.6 Å². The number of carbonyl (C=O) groups is 1. The Morgan fingerprint density at radius 3 is 2.82 bits per heavy atom. The largest absolute Gasteiger partial charge is 0.322 e. The molecule has 0 aliphatic carbocycles. The maximum atomic E-state index is 15.5. The highest BCUT2D eigenvalue weighted by Crippen LogP contribution is 2.38. The number of halogens is 1. The highest BCUT2D eigenvalue weighted by atomic mass is 32.2. The number of sulfone groups is 1. The molecule has 4 aromatic rings. The summed E-state index contributed by atoms with van der Waals surface area (Å²) in [5, 5.41) is 3.71. The fourth-order valence-electron chi connectivity index (χ4n) is 5.19. The van der Waals surface area contributed by atoms with Crippen LogP contribution in [-0.2, 0) is 16.4 Å². The molecule has 1 amide bonds. The van der Waals surface area contributed by atoms with Gasteiger partial charge in [0, 0.05) is 47.1 Å². The topological polar surface area (TPSA) is 92.3 Å². The first-order chi connectivity index (χ1) is 18.8. The van der Waals surface area contributed by atoms with Crippen molar-refractivity contribution >= 4 is 32.3 Å². The normalized spacial score (nSPS) is 19.8. The molecule has 0 saturated carbocycles. The highest BCUT2D eigenvalue weighted by Gasteiger charge is 2.41. The number of hydrogen-bond donors (Lipinski definition) is 1. The standard InChI is InChI=1S/C30H25FN4O3S/c1-19-5-6-22(13-21(19)8-7-20-3-2-4-27-26(20)15-32-18-33-27)30(36)34-24-10-9-23-16-35-11-12-39(37,38)17-28(35)29(31)25(23)14-24/h2-6,9-10,13-15,18,28-29H,11-12,16-17H2,1H3,(H,34,36)/t28-,29?/m1/s1. The SMILES string of the molecule is Cc1ccc(C(=O)Nc2ccc3c(c2)C(F)[C@H]2CS(=O)(=O)CCN2C3)cc1C#Cc1cccc2ncncc12. The van der Waals surface area contributed by atoms with Crippen LogP contribution < -0.4 is 5.32 Å². The van der Waals surface area contributed by atoms with Gasteiger partial charge in [0.05, 0.1) is 23.1 Å². The van der Waals surface area contributed by atoms with Crippen LogP contribution >= 0.6 is 0 Å². The van der Waals surface area contributed by atoms with E-state index in [1.165, 1.54) is 6.33 Å². The summed E-state index contributed by atoms with van der Waals surface area (Å²) in [5.41, 5.74) is 5.36. The number of amides is 1. The molecule has 2 atom stereocenters. The second kappa shape index (κ2) is 9.88. The van der Waals surface area contributed by atoms with Gasteiger partial charge in [0.2, 0.25) is 0 Å². The van der Waals surface area contributed by atoms with Crippen LogP contribution in [-0.4, -0.2) is 53.3 Å². The quantitative estimate of drug-likeness (QED) is 0.383. The summed E-state index contributed by atoms with van der Waals surface area (Å²) in [6.07, 6.45) is 1.78. The number of anilines is 1. The summed E-state index contributed by atoms with van der Waals surface area (Å²) in [6, 6.07) is 15.5. The monoisotopic (exact) mass is 540 g/mol. The molecule has 1 unspecified atom stereocenters. The molecule has 196 valence electrons. The summed E-state index contributed by atoms with van der Waals surface area (Å²) in [7, 11) is -3.26. The van der Waals surface area contributed by atoms with Crippen LogP contribution in [0.1, 0.15) is 44.3 Å². The molecule has 7 nitrogen and oxygen atoms in total. The Labute approximate surface area is 226 Å². The van der Waals surface area contributed by atoms with Crippen molar-refractivity contribution in [1.82, 2.24) is 14.9 Å². The van der Waals surface area contributed by atoms with Gasteiger partial charge in [0.15, 0.2) is 9.84 Å². The molecule has 3 heterocycles. The zero-order valence-corrected chi connectivity index (χ0v) is 22.0. The molecule has 1 aromatic heterocycles. The van der Waals surface area contributed by atoms with E-state index in [-0.39, 0.29) is 17.4 Å². The van der Waals surface area contributed by atoms with Crippen molar-refractivity contribution in [1.29, 1.82) is 0 Å². The van der Waals surface area contributed by atoms with E-state index in [1.54, 1.807) is 36.5 Å². The van der Waals surface area contributed by atoms with E-state index in [4.69, 9.17) is 0 Å². The summed E-state index contributed by atoms with van der Waals surface area (Å²) in [5.74, 6) is 5.87. The Morgan fingerprint density at radius 2 is 1.95 bits per heavy atom. The van der Waals surface area contributed by atoms with Gasteiger partial charge in [-0.05, 0) is 60.0 Å². The van der Waals surface area contributed by atoms with Crippen LogP contribution in [0.3, 0.4) is 0 Å². The lowest BCUT2D eigenvalue weighted by molar-refractivity contribution is 0.0992. The summed E-state index contributed by atoms with van der Waals surface area (Å²) >= 11 is 0. The molecule has 6 rings (SSSR count). The maximum absolute atomic E-state index is 15.5. The third kappa shape index (κ3) is 5.01. The van der Waals surface area contributed by atoms with E-state index in [2.05, 4.69) is 27.1 Å². The second-order valence-corrected chi connectivity index (χ2v) is 12.2. The number of carbonyl (C=O) groups excluding carboxylic acids is 1. The molecule has 2 aliphatic heterocycles. The minimum absolute atomic E-state index is 0.0545. The molecule has 2 aliphatic rings. The first-order valence-electron chi connectivity index (χ1n) is 12.6. The van der Waals surface area contributed by atoms with E-state index in [9.17, 15) is 13.2 Å². The van der Waals surface area contributed by atoms with E-state index in [0.29, 0.717) is 35.5 Å². The number of nitrogens with zero attached hydrogens (tertiary/aromatic N) is 3. The second-order valence-electron chi connectivity index (χ2n) is 9.96. The predicted octanol–water partition coefficient (Wildman–Crippen LogP) is 4.21. The van der Waals surface area contributed by atoms with E-state index in [1.807, 2.05) is 36.1 Å². The van der Waals surface area contributed by atoms with Gasteiger partial charge >= 0.3 is 0 Å². The average Bonchev–Trinajstić information content (AvgIpc) is 2.93. The van der Waals surface area contributed by atoms with Gasteiger partial charge in [-0.25, -0.2) is 22.8 Å². The number of fused-ring (bicyclic) bond motifs is 3.